The van der Waals surface area contributed by atoms with Gasteiger partial charge in [0.15, 0.2) is 0 Å². The summed E-state index contributed by atoms with van der Waals surface area (Å²) in [6.07, 6.45) is 1.02. The van der Waals surface area contributed by atoms with Gasteiger partial charge in [0.1, 0.15) is 11.0 Å². The molecule has 8 nitrogen and oxygen atoms in total. The van der Waals surface area contributed by atoms with Gasteiger partial charge in [-0.1, -0.05) is 38.1 Å². The van der Waals surface area contributed by atoms with Crippen LogP contribution in [0.1, 0.15) is 32.8 Å². The van der Waals surface area contributed by atoms with Crippen LogP contribution in [0.4, 0.5) is 11.4 Å². The molecular weight excluding hydrogens is 402 g/mol. The number of rotatable bonds is 8. The highest BCUT2D eigenvalue weighted by Crippen LogP contribution is 2.15. The van der Waals surface area contributed by atoms with Crippen molar-refractivity contribution in [3.63, 3.8) is 0 Å². The molecule has 0 saturated carbocycles. The summed E-state index contributed by atoms with van der Waals surface area (Å²) in [5, 5.41) is 14.7. The number of benzene rings is 2. The van der Waals surface area contributed by atoms with Crippen LogP contribution in [-0.4, -0.2) is 29.3 Å². The second kappa shape index (κ2) is 13.2. The minimum Gasteiger partial charge on any atom is -0.388 e. The summed E-state index contributed by atoms with van der Waals surface area (Å²) in [4.78, 5) is 22.0. The maximum Gasteiger partial charge on any atom is 0.240 e. The Morgan fingerprint density at radius 2 is 1.80 bits per heavy atom. The highest BCUT2D eigenvalue weighted by atomic mass is 32.2. The third-order valence-electron chi connectivity index (χ3n) is 3.85. The maximum atomic E-state index is 11.5. The van der Waals surface area contributed by atoms with Gasteiger partial charge in [-0.05, 0) is 42.7 Å². The van der Waals surface area contributed by atoms with Crippen LogP contribution in [0, 0.1) is 5.92 Å². The van der Waals surface area contributed by atoms with E-state index >= 15 is 0 Å². The highest BCUT2D eigenvalue weighted by Gasteiger charge is 2.04. The molecule has 2 rings (SSSR count). The zero-order valence-electron chi connectivity index (χ0n) is 17.6. The first kappa shape index (κ1) is 25.0. The fourth-order valence-electron chi connectivity index (χ4n) is 2.33. The molecule has 9 heteroatoms. The molecule has 0 aromatic heterocycles. The van der Waals surface area contributed by atoms with Crippen LogP contribution in [0.3, 0.4) is 0 Å². The normalized spacial score (nSPS) is 11.7. The minimum atomic E-state index is -1.56. The van der Waals surface area contributed by atoms with Gasteiger partial charge in [-0.25, -0.2) is 14.8 Å². The SMILES string of the molecule is CNc1ccc(/C(C)=N/NC(=O)CC(C)C)cc1.NS(=O)c1ccccc1NC=O. The second-order valence-electron chi connectivity index (χ2n) is 6.71. The lowest BCUT2D eigenvalue weighted by molar-refractivity contribution is -0.121. The molecule has 2 aromatic carbocycles. The van der Waals surface area contributed by atoms with Crippen LogP contribution in [0.25, 0.3) is 0 Å². The summed E-state index contributed by atoms with van der Waals surface area (Å²) < 4.78 is 10.9. The van der Waals surface area contributed by atoms with E-state index in [9.17, 15) is 13.8 Å². The minimum absolute atomic E-state index is 0.0452. The summed E-state index contributed by atoms with van der Waals surface area (Å²) in [5.74, 6) is 0.298. The molecule has 0 aliphatic carbocycles. The van der Waals surface area contributed by atoms with Crippen LogP contribution in [0.15, 0.2) is 58.5 Å². The van der Waals surface area contributed by atoms with E-state index in [0.29, 0.717) is 29.3 Å². The number of carbonyl (C=O) groups is 2. The lowest BCUT2D eigenvalue weighted by atomic mass is 10.1. The van der Waals surface area contributed by atoms with Crippen LogP contribution in [-0.2, 0) is 20.6 Å². The molecule has 1 unspecified atom stereocenters. The summed E-state index contributed by atoms with van der Waals surface area (Å²) in [5.41, 5.74) is 5.91. The number of nitrogens with two attached hydrogens (primary N) is 1. The van der Waals surface area contributed by atoms with E-state index in [1.165, 1.54) is 0 Å². The Morgan fingerprint density at radius 1 is 1.17 bits per heavy atom. The summed E-state index contributed by atoms with van der Waals surface area (Å²) >= 11 is 0. The van der Waals surface area contributed by atoms with Gasteiger partial charge in [0, 0.05) is 19.2 Å². The van der Waals surface area contributed by atoms with Crippen molar-refractivity contribution in [1.29, 1.82) is 0 Å². The monoisotopic (exact) mass is 431 g/mol. The first-order chi connectivity index (χ1) is 14.3. The van der Waals surface area contributed by atoms with Crippen molar-refractivity contribution >= 4 is 40.4 Å². The summed E-state index contributed by atoms with van der Waals surface area (Å²) in [7, 11) is 0.314. The van der Waals surface area contributed by atoms with Crippen LogP contribution < -0.4 is 21.2 Å². The topological polar surface area (TPSA) is 126 Å². The maximum absolute atomic E-state index is 11.5. The lowest BCUT2D eigenvalue weighted by Crippen LogP contribution is -2.20. The predicted octanol–water partition coefficient (Wildman–Crippen LogP) is 2.85. The van der Waals surface area contributed by atoms with Crippen LogP contribution in [0.5, 0.6) is 0 Å². The van der Waals surface area contributed by atoms with E-state index in [1.807, 2.05) is 52.1 Å². The molecule has 0 spiro atoms. The predicted molar refractivity (Wildman–Crippen MR) is 123 cm³/mol. The zero-order chi connectivity index (χ0) is 22.5. The number of nitrogens with zero attached hydrogens (tertiary/aromatic N) is 1. The van der Waals surface area contributed by atoms with Crippen molar-refractivity contribution in [3.8, 4) is 0 Å². The lowest BCUT2D eigenvalue weighted by Gasteiger charge is -2.05. The quantitative estimate of drug-likeness (QED) is 0.291. The fourth-order valence-corrected chi connectivity index (χ4v) is 2.89. The molecule has 0 radical (unpaired) electrons. The first-order valence-corrected chi connectivity index (χ1v) is 10.6. The van der Waals surface area contributed by atoms with Gasteiger partial charge in [0.2, 0.25) is 12.3 Å². The van der Waals surface area contributed by atoms with E-state index in [4.69, 9.17) is 5.14 Å². The van der Waals surface area contributed by atoms with Gasteiger partial charge in [-0.3, -0.25) is 9.59 Å². The largest absolute Gasteiger partial charge is 0.388 e. The molecule has 162 valence electrons. The summed E-state index contributed by atoms with van der Waals surface area (Å²) in [6, 6.07) is 14.6. The molecule has 2 aromatic rings. The van der Waals surface area contributed by atoms with Gasteiger partial charge in [-0.15, -0.1) is 0 Å². The number of para-hydroxylation sites is 1. The van der Waals surface area contributed by atoms with Crippen LogP contribution in [0.2, 0.25) is 0 Å². The molecule has 0 heterocycles. The second-order valence-corrected chi connectivity index (χ2v) is 7.75. The average molecular weight is 432 g/mol. The fraction of sp³-hybridized carbons (Fsp3) is 0.286. The number of carbonyl (C=O) groups excluding carboxylic acids is 2. The summed E-state index contributed by atoms with van der Waals surface area (Å²) in [6.45, 7) is 5.89. The standard InChI is InChI=1S/C14H21N3O.C7H8N2O2S/c1-10(2)9-14(18)17-16-11(3)12-5-7-13(15-4)8-6-12;8-12(11)7-4-2-1-3-6(7)9-5-10/h5-8,10,15H,9H2,1-4H3,(H,17,18);1-5H,8H2,(H,9,10)/b16-11+;. The Kier molecular flexibility index (Phi) is 11.0. The third-order valence-corrected chi connectivity index (χ3v) is 4.64. The number of hydrogen-bond acceptors (Lipinski definition) is 5. The molecular formula is C21H29N5O3S. The number of amides is 2. The smallest absolute Gasteiger partial charge is 0.240 e. The molecule has 0 fully saturated rings. The van der Waals surface area contributed by atoms with Crippen LogP contribution >= 0.6 is 0 Å². The first-order valence-electron chi connectivity index (χ1n) is 9.35. The van der Waals surface area contributed by atoms with E-state index in [1.54, 1.807) is 24.3 Å². The Bertz CT molecular complexity index is 882. The van der Waals surface area contributed by atoms with E-state index in [2.05, 4.69) is 21.2 Å². The number of hydrogen-bond donors (Lipinski definition) is 4. The molecule has 5 N–H and O–H groups in total. The Hall–Kier alpha value is -3.04. The molecule has 2 amide bonds. The number of anilines is 2. The molecule has 30 heavy (non-hydrogen) atoms. The molecule has 0 aliphatic rings. The number of hydrazone groups is 1. The van der Waals surface area contributed by atoms with E-state index < -0.39 is 11.0 Å². The van der Waals surface area contributed by atoms with Crippen molar-refractivity contribution in [3.05, 3.63) is 54.1 Å². The van der Waals surface area contributed by atoms with Crippen molar-refractivity contribution in [2.45, 2.75) is 32.1 Å². The van der Waals surface area contributed by atoms with Crippen molar-refractivity contribution in [2.24, 2.45) is 16.2 Å². The molecule has 0 saturated heterocycles. The van der Waals surface area contributed by atoms with Gasteiger partial charge in [0.25, 0.3) is 0 Å². The Labute approximate surface area is 179 Å². The van der Waals surface area contributed by atoms with Crippen molar-refractivity contribution in [2.75, 3.05) is 17.7 Å². The van der Waals surface area contributed by atoms with Crippen molar-refractivity contribution in [1.82, 2.24) is 5.43 Å². The Morgan fingerprint density at radius 3 is 2.33 bits per heavy atom. The average Bonchev–Trinajstić information content (AvgIpc) is 2.72. The van der Waals surface area contributed by atoms with Crippen molar-refractivity contribution < 1.29 is 13.8 Å². The van der Waals surface area contributed by atoms with Gasteiger partial charge in [0.05, 0.1) is 16.3 Å². The van der Waals surface area contributed by atoms with Gasteiger partial charge < -0.3 is 10.6 Å². The number of nitrogens with one attached hydrogen (secondary N) is 3. The van der Waals surface area contributed by atoms with E-state index in [0.717, 1.165) is 17.0 Å². The molecule has 0 bridgehead atoms. The third kappa shape index (κ3) is 8.97. The van der Waals surface area contributed by atoms with Gasteiger partial charge in [-0.2, -0.15) is 5.10 Å². The Balaban J connectivity index is 0.000000325. The highest BCUT2D eigenvalue weighted by molar-refractivity contribution is 7.82. The molecule has 1 atom stereocenters. The zero-order valence-corrected chi connectivity index (χ0v) is 18.5. The van der Waals surface area contributed by atoms with Gasteiger partial charge >= 0.3 is 0 Å². The molecule has 0 aliphatic heterocycles. The van der Waals surface area contributed by atoms with E-state index in [-0.39, 0.29) is 5.91 Å².